The van der Waals surface area contributed by atoms with Crippen LogP contribution >= 0.6 is 22.7 Å². The lowest BCUT2D eigenvalue weighted by atomic mass is 9.72. The summed E-state index contributed by atoms with van der Waals surface area (Å²) in [5.41, 5.74) is 2.23. The minimum absolute atomic E-state index is 0.243. The van der Waals surface area contributed by atoms with Crippen LogP contribution in [0.1, 0.15) is 63.9 Å². The van der Waals surface area contributed by atoms with Gasteiger partial charge in [0.1, 0.15) is 9.88 Å². The number of hydrogen-bond donors (Lipinski definition) is 0. The number of rotatable bonds is 5. The minimum Gasteiger partial charge on any atom is -0.453 e. The molecular weight excluding hydrogens is 392 g/mol. The number of nitrogens with zero attached hydrogens (tertiary/aromatic N) is 2. The minimum atomic E-state index is -0.990. The van der Waals surface area contributed by atoms with Gasteiger partial charge < -0.3 is 4.74 Å². The molecule has 0 saturated carbocycles. The zero-order chi connectivity index (χ0) is 20.5. The molecule has 0 amide bonds. The van der Waals surface area contributed by atoms with E-state index in [2.05, 4.69) is 25.8 Å². The Morgan fingerprint density at radius 3 is 2.79 bits per heavy atom. The molecule has 2 aromatic heterocycles. The summed E-state index contributed by atoms with van der Waals surface area (Å²) in [6.45, 7) is 8.16. The summed E-state index contributed by atoms with van der Waals surface area (Å²) in [4.78, 5) is 30.7. The monoisotopic (exact) mass is 416 g/mol. The lowest BCUT2D eigenvalue weighted by Crippen LogP contribution is -2.26. The van der Waals surface area contributed by atoms with E-state index in [1.54, 1.807) is 5.38 Å². The van der Waals surface area contributed by atoms with Crippen molar-refractivity contribution in [3.8, 4) is 6.07 Å². The van der Waals surface area contributed by atoms with Gasteiger partial charge in [-0.2, -0.15) is 5.26 Å². The van der Waals surface area contributed by atoms with Gasteiger partial charge in [-0.05, 0) is 49.1 Å². The van der Waals surface area contributed by atoms with Crippen LogP contribution in [0.4, 0.5) is 0 Å². The fraction of sp³-hybridized carbons (Fsp3) is 0.524. The van der Waals surface area contributed by atoms with Crippen LogP contribution in [0.3, 0.4) is 0 Å². The number of hydrogen-bond acceptors (Lipinski definition) is 7. The maximum Gasteiger partial charge on any atom is 0.348 e. The quantitative estimate of drug-likeness (QED) is 0.660. The number of esters is 1. The number of carbonyl (C=O) groups excluding carboxylic acids is 2. The molecule has 148 valence electrons. The van der Waals surface area contributed by atoms with Crippen molar-refractivity contribution in [2.24, 2.45) is 11.3 Å². The van der Waals surface area contributed by atoms with Crippen LogP contribution in [0.15, 0.2) is 11.4 Å². The standard InChI is InChI=1S/C21H24N2O3S2/c1-12-11-27-19(23-12)15(9-22)16(24)10-26-20(25)18-8-13-7-14(21(2,3)4)5-6-17(13)28-18/h8,11,14-15H,5-7,10H2,1-4H3/t14-,15+/m0/s1. The number of nitriles is 1. The van der Waals surface area contributed by atoms with E-state index in [1.165, 1.54) is 33.1 Å². The number of aromatic nitrogens is 1. The Balaban J connectivity index is 1.62. The van der Waals surface area contributed by atoms with Crippen molar-refractivity contribution in [3.05, 3.63) is 37.5 Å². The molecule has 0 aromatic carbocycles. The van der Waals surface area contributed by atoms with Crippen LogP contribution < -0.4 is 0 Å². The van der Waals surface area contributed by atoms with Gasteiger partial charge in [-0.3, -0.25) is 4.79 Å². The Morgan fingerprint density at radius 1 is 1.43 bits per heavy atom. The largest absolute Gasteiger partial charge is 0.453 e. The molecule has 0 saturated heterocycles. The van der Waals surface area contributed by atoms with E-state index in [0.717, 1.165) is 25.0 Å². The molecular formula is C21H24N2O3S2. The van der Waals surface area contributed by atoms with E-state index in [-0.39, 0.29) is 5.41 Å². The van der Waals surface area contributed by atoms with Crippen LogP contribution in [-0.2, 0) is 22.4 Å². The number of thiophene rings is 1. The molecule has 0 bridgehead atoms. The Hall–Kier alpha value is -2.04. The van der Waals surface area contributed by atoms with Crippen molar-refractivity contribution in [2.45, 2.75) is 52.9 Å². The lowest BCUT2D eigenvalue weighted by Gasteiger charge is -2.33. The van der Waals surface area contributed by atoms with Gasteiger partial charge in [0, 0.05) is 16.0 Å². The van der Waals surface area contributed by atoms with Crippen LogP contribution in [0.5, 0.6) is 0 Å². The predicted octanol–water partition coefficient (Wildman–Crippen LogP) is 4.70. The summed E-state index contributed by atoms with van der Waals surface area (Å²) in [5, 5.41) is 11.5. The van der Waals surface area contributed by atoms with Crippen LogP contribution in [0, 0.1) is 29.6 Å². The van der Waals surface area contributed by atoms with Crippen molar-refractivity contribution in [2.75, 3.05) is 6.61 Å². The zero-order valence-corrected chi connectivity index (χ0v) is 18.2. The van der Waals surface area contributed by atoms with Crippen molar-refractivity contribution < 1.29 is 14.3 Å². The Morgan fingerprint density at radius 2 is 2.18 bits per heavy atom. The van der Waals surface area contributed by atoms with Crippen molar-refractivity contribution >= 4 is 34.4 Å². The third kappa shape index (κ3) is 4.50. The molecule has 7 heteroatoms. The number of carbonyl (C=O) groups is 2. The normalized spacial score (nSPS) is 17.5. The fourth-order valence-electron chi connectivity index (χ4n) is 3.42. The molecule has 5 nitrogen and oxygen atoms in total. The highest BCUT2D eigenvalue weighted by atomic mass is 32.1. The maximum absolute atomic E-state index is 12.4. The second-order valence-electron chi connectivity index (χ2n) is 8.30. The molecule has 1 aliphatic rings. The number of aryl methyl sites for hydroxylation is 2. The van der Waals surface area contributed by atoms with Gasteiger partial charge in [0.15, 0.2) is 18.3 Å². The molecule has 2 heterocycles. The van der Waals surface area contributed by atoms with Gasteiger partial charge in [0.2, 0.25) is 0 Å². The number of Topliss-reactive ketones (excluding diaryl/α,β-unsaturated/α-hetero) is 1. The van der Waals surface area contributed by atoms with Crippen molar-refractivity contribution in [1.29, 1.82) is 5.26 Å². The molecule has 3 rings (SSSR count). The lowest BCUT2D eigenvalue weighted by molar-refractivity contribution is -0.122. The van der Waals surface area contributed by atoms with Crippen molar-refractivity contribution in [1.82, 2.24) is 4.98 Å². The van der Waals surface area contributed by atoms with Gasteiger partial charge in [-0.15, -0.1) is 22.7 Å². The molecule has 0 spiro atoms. The summed E-state index contributed by atoms with van der Waals surface area (Å²) in [5.74, 6) is -1.33. The summed E-state index contributed by atoms with van der Waals surface area (Å²) in [7, 11) is 0. The van der Waals surface area contributed by atoms with Crippen LogP contribution in [0.25, 0.3) is 0 Å². The molecule has 0 radical (unpaired) electrons. The van der Waals surface area contributed by atoms with E-state index in [4.69, 9.17) is 4.74 Å². The second-order valence-corrected chi connectivity index (χ2v) is 10.3. The molecule has 0 aliphatic heterocycles. The summed E-state index contributed by atoms with van der Waals surface area (Å²) in [6.07, 6.45) is 3.08. The first-order valence-corrected chi connectivity index (χ1v) is 11.0. The average Bonchev–Trinajstić information content (AvgIpc) is 3.25. The summed E-state index contributed by atoms with van der Waals surface area (Å²) < 4.78 is 5.22. The molecule has 2 atom stereocenters. The number of thiazole rings is 1. The maximum atomic E-state index is 12.4. The first kappa shape index (κ1) is 20.7. The van der Waals surface area contributed by atoms with Gasteiger partial charge in [-0.25, -0.2) is 9.78 Å². The van der Waals surface area contributed by atoms with Gasteiger partial charge >= 0.3 is 5.97 Å². The highest BCUT2D eigenvalue weighted by molar-refractivity contribution is 7.14. The molecule has 0 unspecified atom stereocenters. The number of fused-ring (bicyclic) bond motifs is 1. The Kier molecular flexibility index (Phi) is 6.01. The highest BCUT2D eigenvalue weighted by Gasteiger charge is 2.31. The summed E-state index contributed by atoms with van der Waals surface area (Å²) >= 11 is 2.73. The smallest absolute Gasteiger partial charge is 0.348 e. The fourth-order valence-corrected chi connectivity index (χ4v) is 5.39. The van der Waals surface area contributed by atoms with E-state index in [0.29, 0.717) is 15.8 Å². The van der Waals surface area contributed by atoms with Crippen LogP contribution in [-0.4, -0.2) is 23.3 Å². The average molecular weight is 417 g/mol. The molecule has 28 heavy (non-hydrogen) atoms. The van der Waals surface area contributed by atoms with E-state index >= 15 is 0 Å². The van der Waals surface area contributed by atoms with E-state index < -0.39 is 24.3 Å². The van der Waals surface area contributed by atoms with E-state index in [1.807, 2.05) is 19.1 Å². The van der Waals surface area contributed by atoms with E-state index in [9.17, 15) is 14.9 Å². The topological polar surface area (TPSA) is 80.0 Å². The van der Waals surface area contributed by atoms with Crippen molar-refractivity contribution in [3.63, 3.8) is 0 Å². The van der Waals surface area contributed by atoms with Gasteiger partial charge in [-0.1, -0.05) is 20.8 Å². The highest BCUT2D eigenvalue weighted by Crippen LogP contribution is 2.40. The molecule has 0 fully saturated rings. The molecule has 2 aromatic rings. The zero-order valence-electron chi connectivity index (χ0n) is 16.6. The van der Waals surface area contributed by atoms with Crippen LogP contribution in [0.2, 0.25) is 0 Å². The SMILES string of the molecule is Cc1csc([C@H](C#N)C(=O)COC(=O)c2cc3c(s2)CC[C@H](C(C)(C)C)C3)n1. The van der Waals surface area contributed by atoms with Gasteiger partial charge in [0.25, 0.3) is 0 Å². The molecule has 0 N–H and O–H groups in total. The number of ketones is 1. The number of ether oxygens (including phenoxy) is 1. The predicted molar refractivity (Wildman–Crippen MR) is 110 cm³/mol. The third-order valence-electron chi connectivity index (χ3n) is 5.19. The first-order valence-electron chi connectivity index (χ1n) is 9.32. The second kappa shape index (κ2) is 8.14. The molecule has 1 aliphatic carbocycles. The Labute approximate surface area is 173 Å². The summed E-state index contributed by atoms with van der Waals surface area (Å²) in [6, 6.07) is 3.88. The van der Waals surface area contributed by atoms with Gasteiger partial charge in [0.05, 0.1) is 6.07 Å². The first-order chi connectivity index (χ1) is 13.2. The third-order valence-corrected chi connectivity index (χ3v) is 7.43. The Bertz CT molecular complexity index is 930.